The predicted octanol–water partition coefficient (Wildman–Crippen LogP) is 3.18. The first-order valence-corrected chi connectivity index (χ1v) is 7.31. The lowest BCUT2D eigenvalue weighted by Gasteiger charge is -2.08. The maximum absolute atomic E-state index is 11.8. The Morgan fingerprint density at radius 3 is 3.10 bits per heavy atom. The van der Waals surface area contributed by atoms with Crippen LogP contribution in [0.3, 0.4) is 0 Å². The fourth-order valence-corrected chi connectivity index (χ4v) is 2.85. The topological polar surface area (TPSA) is 44.9 Å². The van der Waals surface area contributed by atoms with Gasteiger partial charge in [0.1, 0.15) is 0 Å². The number of carbonyl (C=O) groups excluding carboxylic acids is 1. The molecule has 0 radical (unpaired) electrons. The normalized spacial score (nSPS) is 17.7. The Morgan fingerprint density at radius 1 is 1.35 bits per heavy atom. The molecule has 0 saturated carbocycles. The lowest BCUT2D eigenvalue weighted by atomic mass is 10.0. The van der Waals surface area contributed by atoms with Crippen molar-refractivity contribution in [3.05, 3.63) is 48.2 Å². The number of aromatic amines is 1. The lowest BCUT2D eigenvalue weighted by Crippen LogP contribution is -2.26. The minimum Gasteiger partial charge on any atom is -0.361 e. The molecule has 1 aromatic heterocycles. The van der Waals surface area contributed by atoms with E-state index in [1.807, 2.05) is 18.3 Å². The molecule has 0 spiro atoms. The number of benzene rings is 1. The van der Waals surface area contributed by atoms with Crippen molar-refractivity contribution in [1.29, 1.82) is 0 Å². The van der Waals surface area contributed by atoms with Crippen LogP contribution in [0.25, 0.3) is 10.9 Å². The van der Waals surface area contributed by atoms with Gasteiger partial charge in [-0.2, -0.15) is 0 Å². The highest BCUT2D eigenvalue weighted by Gasteiger charge is 2.13. The summed E-state index contributed by atoms with van der Waals surface area (Å²) in [6.45, 7) is 0.705. The van der Waals surface area contributed by atoms with Gasteiger partial charge in [-0.3, -0.25) is 4.79 Å². The van der Waals surface area contributed by atoms with Crippen LogP contribution in [0.4, 0.5) is 0 Å². The molecule has 3 nitrogen and oxygen atoms in total. The van der Waals surface area contributed by atoms with Crippen LogP contribution in [0, 0.1) is 5.92 Å². The Morgan fingerprint density at radius 2 is 2.25 bits per heavy atom. The molecule has 20 heavy (non-hydrogen) atoms. The molecule has 0 fully saturated rings. The lowest BCUT2D eigenvalue weighted by molar-refractivity contribution is -0.121. The number of para-hydroxylation sites is 1. The summed E-state index contributed by atoms with van der Waals surface area (Å²) in [4.78, 5) is 15.1. The average Bonchev–Trinajstić information content (AvgIpc) is 3.09. The number of hydrogen-bond donors (Lipinski definition) is 2. The second-order valence-corrected chi connectivity index (χ2v) is 5.43. The maximum Gasteiger partial charge on any atom is 0.220 e. The molecule has 3 rings (SSSR count). The molecule has 0 aliphatic heterocycles. The first-order chi connectivity index (χ1) is 9.83. The zero-order valence-electron chi connectivity index (χ0n) is 11.6. The monoisotopic (exact) mass is 268 g/mol. The molecule has 0 bridgehead atoms. The minimum absolute atomic E-state index is 0.168. The molecule has 1 unspecified atom stereocenters. The van der Waals surface area contributed by atoms with Crippen LogP contribution in [-0.2, 0) is 11.2 Å². The number of amides is 1. The minimum atomic E-state index is 0.168. The van der Waals surface area contributed by atoms with E-state index in [1.54, 1.807) is 0 Å². The molecule has 1 atom stereocenters. The number of carbonyl (C=O) groups is 1. The van der Waals surface area contributed by atoms with Crippen LogP contribution in [-0.4, -0.2) is 17.4 Å². The Bertz CT molecular complexity index is 627. The molecule has 0 saturated heterocycles. The van der Waals surface area contributed by atoms with Crippen LogP contribution in [0.2, 0.25) is 0 Å². The molecule has 1 heterocycles. The molecule has 1 aliphatic rings. The van der Waals surface area contributed by atoms with Crippen molar-refractivity contribution in [3.8, 4) is 0 Å². The number of fused-ring (bicyclic) bond motifs is 1. The van der Waals surface area contributed by atoms with E-state index in [0.717, 1.165) is 24.8 Å². The number of H-pyrrole nitrogens is 1. The molecule has 3 heteroatoms. The Labute approximate surface area is 119 Å². The summed E-state index contributed by atoms with van der Waals surface area (Å²) in [6.07, 6.45) is 10.1. The van der Waals surface area contributed by atoms with E-state index in [9.17, 15) is 4.79 Å². The van der Waals surface area contributed by atoms with Gasteiger partial charge in [0.15, 0.2) is 0 Å². The van der Waals surface area contributed by atoms with Crippen molar-refractivity contribution in [2.24, 2.45) is 5.92 Å². The van der Waals surface area contributed by atoms with Gasteiger partial charge in [0.25, 0.3) is 0 Å². The van der Waals surface area contributed by atoms with Gasteiger partial charge in [-0.05, 0) is 36.8 Å². The summed E-state index contributed by atoms with van der Waals surface area (Å²) in [6, 6.07) is 8.26. The summed E-state index contributed by atoms with van der Waals surface area (Å²) >= 11 is 0. The Kier molecular flexibility index (Phi) is 3.86. The van der Waals surface area contributed by atoms with Crippen molar-refractivity contribution in [1.82, 2.24) is 10.3 Å². The van der Waals surface area contributed by atoms with Gasteiger partial charge >= 0.3 is 0 Å². The van der Waals surface area contributed by atoms with Crippen molar-refractivity contribution < 1.29 is 4.79 Å². The summed E-state index contributed by atoms with van der Waals surface area (Å²) < 4.78 is 0. The zero-order valence-corrected chi connectivity index (χ0v) is 11.6. The highest BCUT2D eigenvalue weighted by atomic mass is 16.1. The fraction of sp³-hybridized carbons (Fsp3) is 0.353. The number of aromatic nitrogens is 1. The van der Waals surface area contributed by atoms with Gasteiger partial charge in [-0.15, -0.1) is 0 Å². The van der Waals surface area contributed by atoms with Gasteiger partial charge < -0.3 is 10.3 Å². The van der Waals surface area contributed by atoms with Gasteiger partial charge in [-0.25, -0.2) is 0 Å². The number of rotatable bonds is 5. The summed E-state index contributed by atoms with van der Waals surface area (Å²) in [5.41, 5.74) is 2.42. The average molecular weight is 268 g/mol. The first-order valence-electron chi connectivity index (χ1n) is 7.31. The smallest absolute Gasteiger partial charge is 0.220 e. The standard InChI is InChI=1S/C17H20N2O/c20-17(11-13-5-1-2-6-13)18-10-9-14-12-19-16-8-4-3-7-15(14)16/h1,3-5,7-8,12-13,19H,2,6,9-11H2,(H,18,20). The van der Waals surface area contributed by atoms with Crippen LogP contribution < -0.4 is 5.32 Å². The SMILES string of the molecule is O=C(CC1C=CCC1)NCCc1c[nH]c2ccccc12. The molecule has 2 aromatic rings. The molecule has 1 aromatic carbocycles. The van der Waals surface area contributed by atoms with E-state index in [1.165, 1.54) is 10.9 Å². The van der Waals surface area contributed by atoms with Crippen LogP contribution in [0.1, 0.15) is 24.8 Å². The van der Waals surface area contributed by atoms with Crippen molar-refractivity contribution in [2.45, 2.75) is 25.7 Å². The van der Waals surface area contributed by atoms with Crippen LogP contribution in [0.15, 0.2) is 42.6 Å². The highest BCUT2D eigenvalue weighted by molar-refractivity contribution is 5.83. The maximum atomic E-state index is 11.8. The van der Waals surface area contributed by atoms with E-state index in [-0.39, 0.29) is 5.91 Å². The van der Waals surface area contributed by atoms with E-state index in [4.69, 9.17) is 0 Å². The molecule has 104 valence electrons. The van der Waals surface area contributed by atoms with E-state index in [0.29, 0.717) is 18.9 Å². The van der Waals surface area contributed by atoms with E-state index in [2.05, 4.69) is 34.6 Å². The van der Waals surface area contributed by atoms with Crippen molar-refractivity contribution >= 4 is 16.8 Å². The first kappa shape index (κ1) is 13.0. The summed E-state index contributed by atoms with van der Waals surface area (Å²) in [5, 5.41) is 4.28. The fourth-order valence-electron chi connectivity index (χ4n) is 2.85. The highest BCUT2D eigenvalue weighted by Crippen LogP contribution is 2.20. The van der Waals surface area contributed by atoms with Gasteiger partial charge in [0, 0.05) is 30.1 Å². The third-order valence-electron chi connectivity index (χ3n) is 3.95. The van der Waals surface area contributed by atoms with Crippen molar-refractivity contribution in [2.75, 3.05) is 6.54 Å². The predicted molar refractivity (Wildman–Crippen MR) is 81.5 cm³/mol. The number of hydrogen-bond acceptors (Lipinski definition) is 1. The number of allylic oxidation sites excluding steroid dienone is 2. The van der Waals surface area contributed by atoms with Crippen LogP contribution in [0.5, 0.6) is 0 Å². The third-order valence-corrected chi connectivity index (χ3v) is 3.95. The Balaban J connectivity index is 1.49. The summed E-state index contributed by atoms with van der Waals surface area (Å²) in [5.74, 6) is 0.615. The van der Waals surface area contributed by atoms with Crippen molar-refractivity contribution in [3.63, 3.8) is 0 Å². The second-order valence-electron chi connectivity index (χ2n) is 5.43. The van der Waals surface area contributed by atoms with Gasteiger partial charge in [-0.1, -0.05) is 30.4 Å². The van der Waals surface area contributed by atoms with Crippen LogP contribution >= 0.6 is 0 Å². The third kappa shape index (κ3) is 2.93. The molecule has 1 aliphatic carbocycles. The molecule has 1 amide bonds. The summed E-state index contributed by atoms with van der Waals surface area (Å²) in [7, 11) is 0. The van der Waals surface area contributed by atoms with E-state index < -0.39 is 0 Å². The van der Waals surface area contributed by atoms with E-state index >= 15 is 0 Å². The Hall–Kier alpha value is -2.03. The zero-order chi connectivity index (χ0) is 13.8. The second kappa shape index (κ2) is 5.95. The molecule has 2 N–H and O–H groups in total. The molecular weight excluding hydrogens is 248 g/mol. The molecular formula is C17H20N2O. The van der Waals surface area contributed by atoms with Gasteiger partial charge in [0.05, 0.1) is 0 Å². The number of nitrogens with one attached hydrogen (secondary N) is 2. The largest absolute Gasteiger partial charge is 0.361 e. The van der Waals surface area contributed by atoms with Gasteiger partial charge in [0.2, 0.25) is 5.91 Å². The quantitative estimate of drug-likeness (QED) is 0.804.